The number of para-hydroxylation sites is 2. The standard InChI is InChI=1S/C24H24N2/c1-18(17-19-9-3-2-4-10-19)25-16-15-20-21-11-5-7-13-23(21)26-24-14-8-6-12-22(20)24/h2-14,18,25H,15-17H2,1H3. The van der Waals surface area contributed by atoms with Crippen LogP contribution in [0.15, 0.2) is 78.9 Å². The molecule has 1 atom stereocenters. The molecule has 0 aliphatic carbocycles. The highest BCUT2D eigenvalue weighted by Crippen LogP contribution is 2.26. The molecule has 0 saturated carbocycles. The molecule has 0 aliphatic heterocycles. The molecule has 1 aromatic heterocycles. The second-order valence-electron chi connectivity index (χ2n) is 6.92. The van der Waals surface area contributed by atoms with E-state index in [-0.39, 0.29) is 0 Å². The number of fused-ring (bicyclic) bond motifs is 2. The third-order valence-electron chi connectivity index (χ3n) is 4.95. The normalized spacial score (nSPS) is 12.5. The lowest BCUT2D eigenvalue weighted by molar-refractivity contribution is 0.549. The average Bonchev–Trinajstić information content (AvgIpc) is 2.68. The van der Waals surface area contributed by atoms with Gasteiger partial charge in [0.05, 0.1) is 11.0 Å². The van der Waals surface area contributed by atoms with Gasteiger partial charge in [-0.25, -0.2) is 4.98 Å². The lowest BCUT2D eigenvalue weighted by Crippen LogP contribution is -2.30. The van der Waals surface area contributed by atoms with E-state index in [0.29, 0.717) is 6.04 Å². The van der Waals surface area contributed by atoms with Crippen LogP contribution in [-0.4, -0.2) is 17.6 Å². The summed E-state index contributed by atoms with van der Waals surface area (Å²) in [6, 6.07) is 28.1. The Bertz CT molecular complexity index is 954. The smallest absolute Gasteiger partial charge is 0.0712 e. The maximum absolute atomic E-state index is 4.82. The molecule has 3 aromatic carbocycles. The highest BCUT2D eigenvalue weighted by Gasteiger charge is 2.09. The predicted octanol–water partition coefficient (Wildman–Crippen LogP) is 5.15. The first-order chi connectivity index (χ1) is 12.8. The largest absolute Gasteiger partial charge is 0.314 e. The number of nitrogens with one attached hydrogen (secondary N) is 1. The lowest BCUT2D eigenvalue weighted by Gasteiger charge is -2.15. The van der Waals surface area contributed by atoms with Gasteiger partial charge in [0.15, 0.2) is 0 Å². The van der Waals surface area contributed by atoms with Gasteiger partial charge in [-0.3, -0.25) is 0 Å². The number of hydrogen-bond acceptors (Lipinski definition) is 2. The molecule has 4 rings (SSSR count). The van der Waals surface area contributed by atoms with Crippen LogP contribution in [0.3, 0.4) is 0 Å². The maximum atomic E-state index is 4.82. The van der Waals surface area contributed by atoms with Crippen LogP contribution >= 0.6 is 0 Å². The van der Waals surface area contributed by atoms with Crippen LogP contribution in [0.25, 0.3) is 21.8 Å². The van der Waals surface area contributed by atoms with Crippen LogP contribution in [0.4, 0.5) is 0 Å². The van der Waals surface area contributed by atoms with Crippen molar-refractivity contribution >= 4 is 21.8 Å². The van der Waals surface area contributed by atoms with E-state index < -0.39 is 0 Å². The fourth-order valence-corrected chi connectivity index (χ4v) is 3.68. The third kappa shape index (κ3) is 3.61. The summed E-state index contributed by atoms with van der Waals surface area (Å²) in [6.45, 7) is 3.22. The van der Waals surface area contributed by atoms with Crippen molar-refractivity contribution in [1.82, 2.24) is 10.3 Å². The van der Waals surface area contributed by atoms with E-state index in [4.69, 9.17) is 4.98 Å². The molecule has 4 aromatic rings. The van der Waals surface area contributed by atoms with Gasteiger partial charge in [-0.05, 0) is 49.6 Å². The number of rotatable bonds is 6. The van der Waals surface area contributed by atoms with Gasteiger partial charge in [0.2, 0.25) is 0 Å². The molecule has 26 heavy (non-hydrogen) atoms. The van der Waals surface area contributed by atoms with E-state index in [1.807, 2.05) is 0 Å². The quantitative estimate of drug-likeness (QED) is 0.491. The summed E-state index contributed by atoms with van der Waals surface area (Å²) >= 11 is 0. The van der Waals surface area contributed by atoms with Crippen molar-refractivity contribution in [1.29, 1.82) is 0 Å². The van der Waals surface area contributed by atoms with Crippen LogP contribution in [0.5, 0.6) is 0 Å². The van der Waals surface area contributed by atoms with E-state index in [0.717, 1.165) is 30.4 Å². The molecule has 1 unspecified atom stereocenters. The van der Waals surface area contributed by atoms with Crippen molar-refractivity contribution in [3.05, 3.63) is 90.0 Å². The fraction of sp³-hybridized carbons (Fsp3) is 0.208. The minimum atomic E-state index is 0.455. The molecular formula is C24H24N2. The van der Waals surface area contributed by atoms with Gasteiger partial charge in [-0.1, -0.05) is 66.7 Å². The average molecular weight is 340 g/mol. The Morgan fingerprint density at radius 1 is 0.769 bits per heavy atom. The van der Waals surface area contributed by atoms with Crippen LogP contribution < -0.4 is 5.32 Å². The van der Waals surface area contributed by atoms with Crippen molar-refractivity contribution in [3.63, 3.8) is 0 Å². The van der Waals surface area contributed by atoms with Gasteiger partial charge < -0.3 is 5.32 Å². The number of nitrogens with zero attached hydrogens (tertiary/aromatic N) is 1. The van der Waals surface area contributed by atoms with Crippen molar-refractivity contribution in [3.8, 4) is 0 Å². The van der Waals surface area contributed by atoms with E-state index in [1.54, 1.807) is 0 Å². The Balaban J connectivity index is 1.52. The van der Waals surface area contributed by atoms with Crippen molar-refractivity contribution in [2.45, 2.75) is 25.8 Å². The number of hydrogen-bond donors (Lipinski definition) is 1. The Morgan fingerprint density at radius 3 is 2.00 bits per heavy atom. The molecule has 0 radical (unpaired) electrons. The first kappa shape index (κ1) is 16.7. The fourth-order valence-electron chi connectivity index (χ4n) is 3.68. The Labute approximate surface area is 154 Å². The number of pyridine rings is 1. The van der Waals surface area contributed by atoms with Crippen molar-refractivity contribution in [2.75, 3.05) is 6.54 Å². The zero-order valence-corrected chi connectivity index (χ0v) is 15.2. The van der Waals surface area contributed by atoms with E-state index >= 15 is 0 Å². The molecule has 0 bridgehead atoms. The maximum Gasteiger partial charge on any atom is 0.0712 e. The summed E-state index contributed by atoms with van der Waals surface area (Å²) in [6.07, 6.45) is 2.06. The molecule has 0 aliphatic rings. The summed E-state index contributed by atoms with van der Waals surface area (Å²) in [5, 5.41) is 6.22. The zero-order chi connectivity index (χ0) is 17.8. The molecular weight excluding hydrogens is 316 g/mol. The van der Waals surface area contributed by atoms with Gasteiger partial charge in [-0.15, -0.1) is 0 Å². The molecule has 0 fully saturated rings. The summed E-state index contributed by atoms with van der Waals surface area (Å²) in [7, 11) is 0. The molecule has 0 spiro atoms. The van der Waals surface area contributed by atoms with Crippen molar-refractivity contribution < 1.29 is 0 Å². The monoisotopic (exact) mass is 340 g/mol. The molecule has 2 nitrogen and oxygen atoms in total. The van der Waals surface area contributed by atoms with E-state index in [9.17, 15) is 0 Å². The van der Waals surface area contributed by atoms with Gasteiger partial charge in [0, 0.05) is 16.8 Å². The summed E-state index contributed by atoms with van der Waals surface area (Å²) < 4.78 is 0. The van der Waals surface area contributed by atoms with Crippen LogP contribution in [0, 0.1) is 0 Å². The van der Waals surface area contributed by atoms with E-state index in [2.05, 4.69) is 91.1 Å². The minimum Gasteiger partial charge on any atom is -0.314 e. The molecule has 0 amide bonds. The topological polar surface area (TPSA) is 24.9 Å². The first-order valence-corrected chi connectivity index (χ1v) is 9.35. The van der Waals surface area contributed by atoms with Crippen LogP contribution in [0.1, 0.15) is 18.1 Å². The van der Waals surface area contributed by atoms with Gasteiger partial charge in [-0.2, -0.15) is 0 Å². The summed E-state index contributed by atoms with van der Waals surface area (Å²) in [4.78, 5) is 4.82. The highest BCUT2D eigenvalue weighted by atomic mass is 14.9. The van der Waals surface area contributed by atoms with Crippen molar-refractivity contribution in [2.24, 2.45) is 0 Å². The predicted molar refractivity (Wildman–Crippen MR) is 111 cm³/mol. The summed E-state index contributed by atoms with van der Waals surface area (Å²) in [5.74, 6) is 0. The Morgan fingerprint density at radius 2 is 1.35 bits per heavy atom. The number of aromatic nitrogens is 1. The highest BCUT2D eigenvalue weighted by molar-refractivity contribution is 5.97. The minimum absolute atomic E-state index is 0.455. The van der Waals surface area contributed by atoms with E-state index in [1.165, 1.54) is 21.9 Å². The lowest BCUT2D eigenvalue weighted by atomic mass is 9.99. The molecule has 1 heterocycles. The third-order valence-corrected chi connectivity index (χ3v) is 4.95. The zero-order valence-electron chi connectivity index (χ0n) is 15.2. The van der Waals surface area contributed by atoms with Crippen LogP contribution in [0.2, 0.25) is 0 Å². The Kier molecular flexibility index (Phi) is 4.94. The molecule has 1 N–H and O–H groups in total. The first-order valence-electron chi connectivity index (χ1n) is 9.35. The molecule has 130 valence electrons. The summed E-state index contributed by atoms with van der Waals surface area (Å²) in [5.41, 5.74) is 4.94. The Hall–Kier alpha value is -2.71. The van der Waals surface area contributed by atoms with Gasteiger partial charge >= 0.3 is 0 Å². The number of benzene rings is 3. The van der Waals surface area contributed by atoms with Crippen LogP contribution in [-0.2, 0) is 12.8 Å². The molecule has 2 heteroatoms. The second kappa shape index (κ2) is 7.67. The SMILES string of the molecule is CC(Cc1ccccc1)NCCc1c2ccccc2nc2ccccc12. The second-order valence-corrected chi connectivity index (χ2v) is 6.92. The van der Waals surface area contributed by atoms with Gasteiger partial charge in [0.1, 0.15) is 0 Å². The van der Waals surface area contributed by atoms with Gasteiger partial charge in [0.25, 0.3) is 0 Å². The molecule has 0 saturated heterocycles.